The summed E-state index contributed by atoms with van der Waals surface area (Å²) in [5, 5.41) is 6.41. The number of nitrogens with zero attached hydrogens (tertiary/aromatic N) is 8. The van der Waals surface area contributed by atoms with E-state index in [1.165, 1.54) is 23.9 Å². The molecule has 2 N–H and O–H groups in total. The van der Waals surface area contributed by atoms with Crippen molar-refractivity contribution in [1.29, 1.82) is 0 Å². The van der Waals surface area contributed by atoms with Crippen LogP contribution in [0, 0.1) is 24.0 Å². The van der Waals surface area contributed by atoms with E-state index in [4.69, 9.17) is 40.1 Å². The van der Waals surface area contributed by atoms with Gasteiger partial charge in [0.2, 0.25) is 11.8 Å². The fourth-order valence-electron chi connectivity index (χ4n) is 13.7. The number of pyridine rings is 1. The van der Waals surface area contributed by atoms with Crippen molar-refractivity contribution >= 4 is 62.5 Å². The second-order valence-electron chi connectivity index (χ2n) is 24.6. The molecule has 4 amide bonds. The van der Waals surface area contributed by atoms with Gasteiger partial charge in [0.05, 0.1) is 39.6 Å². The Morgan fingerprint density at radius 3 is 2.42 bits per heavy atom. The normalized spacial score (nSPS) is 21.3. The van der Waals surface area contributed by atoms with Gasteiger partial charge in [0.25, 0.3) is 0 Å². The molecule has 5 saturated heterocycles. The summed E-state index contributed by atoms with van der Waals surface area (Å²) in [5.74, 6) is 0.986. The Hall–Kier alpha value is -7.90. The molecular weight excluding hydrogens is 1110 g/mol. The highest BCUT2D eigenvalue weighted by molar-refractivity contribution is 6.03. The van der Waals surface area contributed by atoms with Gasteiger partial charge in [-0.3, -0.25) is 38.8 Å². The lowest BCUT2D eigenvalue weighted by Gasteiger charge is -2.42. The molecule has 0 aliphatic carbocycles. The molecule has 11 rings (SSSR count). The second kappa shape index (κ2) is 25.2. The minimum absolute atomic E-state index is 0.0254. The van der Waals surface area contributed by atoms with Gasteiger partial charge in [0.15, 0.2) is 12.6 Å². The Morgan fingerprint density at radius 1 is 0.907 bits per heavy atom. The average Bonchev–Trinajstić information content (AvgIpc) is 1.78. The highest BCUT2D eigenvalue weighted by atomic mass is 19.1. The number of imide groups is 1. The Bertz CT molecular complexity index is 3680. The van der Waals surface area contributed by atoms with Crippen molar-refractivity contribution in [2.75, 3.05) is 58.2 Å². The standard InChI is InChI=1S/C64H76F2N10O10/c1-7-45-48(65)21-18-40-31-44(85-38-82-6)32-46(53(40)45)55-54(66)56-47(33-68-55)57(73-34-41-19-20-42(35-73)75(41)62(81)86-63(2,3)4)71-59(70-56)84-37-64-26-15-29-74(64)43(25-27-64)36-83-60(79)67-28-14-12-10-8-9-11-13-16-39-17-22-49-51(30-39)72(5)61(80)76(49)50-23-24-52(77)69-58(50)78/h1,17-18,21-22,30-33,41-43,50H,8-16,19-20,23-29,34-38H2,2-6H3,(H,67,79)(H,69,77,78)/t41?,42?,43-,50?,64-/m0/s1. The highest BCUT2D eigenvalue weighted by Gasteiger charge is 2.51. The number of piperazine rings is 1. The maximum atomic E-state index is 17.7. The van der Waals surface area contributed by atoms with Crippen LogP contribution in [-0.4, -0.2) is 140 Å². The topological polar surface area (TPSA) is 214 Å². The van der Waals surface area contributed by atoms with Gasteiger partial charge < -0.3 is 33.9 Å². The number of terminal acetylenes is 1. The number of ether oxygens (including phenoxy) is 5. The lowest BCUT2D eigenvalue weighted by Crippen LogP contribution is -2.57. The number of aromatic nitrogens is 5. The predicted octanol–water partition coefficient (Wildman–Crippen LogP) is 9.38. The molecule has 5 fully saturated rings. The summed E-state index contributed by atoms with van der Waals surface area (Å²) in [7, 11) is 3.19. The number of aryl methyl sites for hydroxylation is 2. The summed E-state index contributed by atoms with van der Waals surface area (Å²) >= 11 is 0. The third kappa shape index (κ3) is 12.3. The summed E-state index contributed by atoms with van der Waals surface area (Å²) < 4.78 is 65.5. The lowest BCUT2D eigenvalue weighted by atomic mass is 9.95. The van der Waals surface area contributed by atoms with Crippen molar-refractivity contribution in [3.05, 3.63) is 81.9 Å². The number of piperidine rings is 1. The zero-order valence-electron chi connectivity index (χ0n) is 49.7. The first kappa shape index (κ1) is 59.8. The highest BCUT2D eigenvalue weighted by Crippen LogP contribution is 2.45. The molecule has 3 unspecified atom stereocenters. The fraction of sp³-hybridized carbons (Fsp3) is 0.531. The van der Waals surface area contributed by atoms with Gasteiger partial charge in [0.1, 0.15) is 53.5 Å². The molecule has 456 valence electrons. The van der Waals surface area contributed by atoms with Crippen molar-refractivity contribution in [3.63, 3.8) is 0 Å². The van der Waals surface area contributed by atoms with Gasteiger partial charge in [-0.25, -0.2) is 23.2 Å². The fourth-order valence-corrected chi connectivity index (χ4v) is 13.7. The number of unbranched alkanes of at least 4 members (excludes halogenated alkanes) is 6. The molecule has 20 nitrogen and oxygen atoms in total. The number of carbonyl (C=O) groups is 4. The van der Waals surface area contributed by atoms with E-state index in [1.807, 2.05) is 48.8 Å². The molecule has 86 heavy (non-hydrogen) atoms. The third-order valence-corrected chi connectivity index (χ3v) is 17.8. The second-order valence-corrected chi connectivity index (χ2v) is 24.6. The zero-order chi connectivity index (χ0) is 60.4. The van der Waals surface area contributed by atoms with Gasteiger partial charge in [-0.05, 0) is 133 Å². The van der Waals surface area contributed by atoms with Crippen molar-refractivity contribution in [3.8, 4) is 35.4 Å². The molecule has 2 bridgehead atoms. The molecule has 0 radical (unpaired) electrons. The van der Waals surface area contributed by atoms with Crippen molar-refractivity contribution in [2.45, 2.75) is 159 Å². The summed E-state index contributed by atoms with van der Waals surface area (Å²) in [5.41, 5.74) is 1.20. The number of amides is 4. The van der Waals surface area contributed by atoms with E-state index in [9.17, 15) is 24.0 Å². The van der Waals surface area contributed by atoms with E-state index in [-0.39, 0.29) is 96.0 Å². The first-order valence-electron chi connectivity index (χ1n) is 30.3. The van der Waals surface area contributed by atoms with Gasteiger partial charge in [-0.15, -0.1) is 6.42 Å². The molecule has 0 saturated carbocycles. The van der Waals surface area contributed by atoms with Crippen molar-refractivity contribution in [1.82, 2.24) is 44.5 Å². The number of carbonyl (C=O) groups excluding carboxylic acids is 4. The van der Waals surface area contributed by atoms with Gasteiger partial charge in [-0.2, -0.15) is 9.97 Å². The van der Waals surface area contributed by atoms with Crippen LogP contribution in [0.25, 0.3) is 44.0 Å². The van der Waals surface area contributed by atoms with E-state index >= 15 is 8.78 Å². The number of methoxy groups -OCH3 is 1. The van der Waals surface area contributed by atoms with Crippen LogP contribution in [-0.2, 0) is 37.3 Å². The first-order valence-corrected chi connectivity index (χ1v) is 30.3. The number of fused-ring (bicyclic) bond motifs is 6. The Kier molecular flexibility index (Phi) is 17.5. The molecule has 5 aliphatic heterocycles. The van der Waals surface area contributed by atoms with E-state index in [1.54, 1.807) is 29.8 Å². The van der Waals surface area contributed by atoms with Gasteiger partial charge in [-0.1, -0.05) is 50.2 Å². The molecule has 6 aromatic rings. The van der Waals surface area contributed by atoms with Crippen LogP contribution in [0.3, 0.4) is 0 Å². The Balaban J connectivity index is 0.700. The van der Waals surface area contributed by atoms with E-state index in [0.717, 1.165) is 108 Å². The number of halogens is 2. The van der Waals surface area contributed by atoms with Crippen LogP contribution >= 0.6 is 0 Å². The smallest absolute Gasteiger partial charge is 0.410 e. The number of benzene rings is 3. The molecule has 3 aromatic heterocycles. The molecule has 5 atom stereocenters. The Morgan fingerprint density at radius 2 is 1.67 bits per heavy atom. The summed E-state index contributed by atoms with van der Waals surface area (Å²) in [6.45, 7) is 7.97. The lowest BCUT2D eigenvalue weighted by molar-refractivity contribution is -0.135. The van der Waals surface area contributed by atoms with Gasteiger partial charge in [0, 0.05) is 63.4 Å². The molecule has 3 aromatic carbocycles. The number of hydrogen-bond donors (Lipinski definition) is 2. The molecule has 5 aliphatic rings. The predicted molar refractivity (Wildman–Crippen MR) is 319 cm³/mol. The quantitative estimate of drug-likeness (QED) is 0.0297. The molecule has 8 heterocycles. The number of hydrogen-bond acceptors (Lipinski definition) is 15. The van der Waals surface area contributed by atoms with Crippen LogP contribution < -0.4 is 30.7 Å². The van der Waals surface area contributed by atoms with E-state index in [2.05, 4.69) is 26.4 Å². The maximum absolute atomic E-state index is 17.7. The SMILES string of the molecule is C#Cc1c(F)ccc2cc(OCOC)cc(-c3ncc4c(N5CC6CCC(C5)N6C(=O)OC(C)(C)C)nc(OC[C@@]56CCCN5[C@H](COC(=O)NCCCCCCCCCc5ccc7c(c5)n(C)c(=O)n7C5CCC(=O)NC5=O)CC6)nc4c3F)c12. The largest absolute Gasteiger partial charge is 0.468 e. The van der Waals surface area contributed by atoms with E-state index < -0.39 is 40.8 Å². The number of imidazole rings is 1. The molecular formula is C64H76F2N10O10. The van der Waals surface area contributed by atoms with Crippen LogP contribution in [0.1, 0.15) is 134 Å². The minimum Gasteiger partial charge on any atom is -0.468 e. The minimum atomic E-state index is -0.795. The van der Waals surface area contributed by atoms with Crippen molar-refractivity contribution < 1.29 is 51.6 Å². The number of anilines is 1. The zero-order valence-corrected chi connectivity index (χ0v) is 49.7. The summed E-state index contributed by atoms with van der Waals surface area (Å²) in [6, 6.07) is 10.9. The Labute approximate surface area is 498 Å². The summed E-state index contributed by atoms with van der Waals surface area (Å²) in [4.78, 5) is 84.7. The van der Waals surface area contributed by atoms with Crippen LogP contribution in [0.4, 0.5) is 24.2 Å². The maximum Gasteiger partial charge on any atom is 0.410 e. The van der Waals surface area contributed by atoms with E-state index in [0.29, 0.717) is 53.9 Å². The number of nitrogens with one attached hydrogen (secondary N) is 2. The molecule has 22 heteroatoms. The van der Waals surface area contributed by atoms with Crippen LogP contribution in [0.2, 0.25) is 0 Å². The van der Waals surface area contributed by atoms with Crippen molar-refractivity contribution in [2.24, 2.45) is 7.05 Å². The number of alkyl carbamates (subject to hydrolysis) is 1. The number of rotatable bonds is 21. The van der Waals surface area contributed by atoms with Gasteiger partial charge >= 0.3 is 23.9 Å². The van der Waals surface area contributed by atoms with Crippen LogP contribution in [0.5, 0.6) is 11.8 Å². The van der Waals surface area contributed by atoms with Crippen LogP contribution in [0.15, 0.2) is 53.5 Å². The first-order chi connectivity index (χ1) is 41.4. The summed E-state index contributed by atoms with van der Waals surface area (Å²) in [6.07, 6.45) is 19.9. The average molecular weight is 1180 g/mol. The third-order valence-electron chi connectivity index (χ3n) is 17.8. The molecule has 0 spiro atoms. The monoisotopic (exact) mass is 1180 g/mol.